The highest BCUT2D eigenvalue weighted by atomic mass is 16.5. The number of carboxylic acids is 1. The maximum Gasteiger partial charge on any atom is 0.315 e. The Morgan fingerprint density at radius 1 is 1.20 bits per heavy atom. The van der Waals surface area contributed by atoms with Crippen LogP contribution < -0.4 is 10.6 Å². The zero-order valence-electron chi connectivity index (χ0n) is 12.8. The van der Waals surface area contributed by atoms with Gasteiger partial charge in [0.15, 0.2) is 0 Å². The number of hydrogen-bond donors (Lipinski definition) is 3. The van der Waals surface area contributed by atoms with Gasteiger partial charge in [0.25, 0.3) is 0 Å². The van der Waals surface area contributed by atoms with Gasteiger partial charge in [0, 0.05) is 19.6 Å². The van der Waals surface area contributed by atoms with E-state index in [4.69, 9.17) is 9.84 Å². The molecule has 0 saturated carbocycles. The SMILES string of the molecule is CCOCC(NC(=O)NCCCCCC(=O)O)C(C)C. The molecule has 0 spiro atoms. The zero-order chi connectivity index (χ0) is 15.4. The van der Waals surface area contributed by atoms with Crippen molar-refractivity contribution in [1.82, 2.24) is 10.6 Å². The molecule has 0 aromatic rings. The van der Waals surface area contributed by atoms with Gasteiger partial charge in [-0.1, -0.05) is 20.3 Å². The van der Waals surface area contributed by atoms with Gasteiger partial charge >= 0.3 is 12.0 Å². The second-order valence-electron chi connectivity index (χ2n) is 5.11. The summed E-state index contributed by atoms with van der Waals surface area (Å²) in [5.74, 6) is -0.464. The van der Waals surface area contributed by atoms with E-state index in [0.29, 0.717) is 32.1 Å². The van der Waals surface area contributed by atoms with E-state index in [1.165, 1.54) is 0 Å². The molecular formula is C14H28N2O4. The van der Waals surface area contributed by atoms with Crippen molar-refractivity contribution in [2.75, 3.05) is 19.8 Å². The third kappa shape index (κ3) is 10.6. The number of carbonyl (C=O) groups excluding carboxylic acids is 1. The van der Waals surface area contributed by atoms with Crippen molar-refractivity contribution in [3.8, 4) is 0 Å². The number of amides is 2. The molecule has 0 aliphatic rings. The number of carboxylic acid groups (broad SMARTS) is 1. The lowest BCUT2D eigenvalue weighted by atomic mass is 10.1. The summed E-state index contributed by atoms with van der Waals surface area (Å²) in [6.45, 7) is 7.71. The molecule has 0 aliphatic carbocycles. The van der Waals surface area contributed by atoms with E-state index in [1.54, 1.807) is 0 Å². The van der Waals surface area contributed by atoms with Crippen LogP contribution in [-0.2, 0) is 9.53 Å². The minimum Gasteiger partial charge on any atom is -0.481 e. The van der Waals surface area contributed by atoms with Gasteiger partial charge in [0.05, 0.1) is 12.6 Å². The monoisotopic (exact) mass is 288 g/mol. The Balaban J connectivity index is 3.71. The van der Waals surface area contributed by atoms with Crippen LogP contribution in [0.25, 0.3) is 0 Å². The fourth-order valence-corrected chi connectivity index (χ4v) is 1.64. The van der Waals surface area contributed by atoms with Crippen molar-refractivity contribution in [3.63, 3.8) is 0 Å². The summed E-state index contributed by atoms with van der Waals surface area (Å²) < 4.78 is 5.34. The molecule has 1 unspecified atom stereocenters. The van der Waals surface area contributed by atoms with Crippen molar-refractivity contribution in [3.05, 3.63) is 0 Å². The fourth-order valence-electron chi connectivity index (χ4n) is 1.64. The van der Waals surface area contributed by atoms with Crippen LogP contribution in [0.2, 0.25) is 0 Å². The summed E-state index contributed by atoms with van der Waals surface area (Å²) >= 11 is 0. The van der Waals surface area contributed by atoms with Crippen LogP contribution in [0.1, 0.15) is 46.5 Å². The van der Waals surface area contributed by atoms with Crippen LogP contribution in [-0.4, -0.2) is 42.9 Å². The van der Waals surface area contributed by atoms with E-state index in [2.05, 4.69) is 10.6 Å². The highest BCUT2D eigenvalue weighted by Gasteiger charge is 2.15. The average molecular weight is 288 g/mol. The van der Waals surface area contributed by atoms with E-state index >= 15 is 0 Å². The second kappa shape index (κ2) is 11.5. The predicted octanol–water partition coefficient (Wildman–Crippen LogP) is 1.99. The maximum atomic E-state index is 11.7. The van der Waals surface area contributed by atoms with Crippen molar-refractivity contribution in [1.29, 1.82) is 0 Å². The van der Waals surface area contributed by atoms with E-state index in [9.17, 15) is 9.59 Å². The van der Waals surface area contributed by atoms with Gasteiger partial charge in [-0.15, -0.1) is 0 Å². The van der Waals surface area contributed by atoms with E-state index in [0.717, 1.165) is 12.8 Å². The Hall–Kier alpha value is -1.30. The summed E-state index contributed by atoms with van der Waals surface area (Å²) in [5.41, 5.74) is 0. The quantitative estimate of drug-likeness (QED) is 0.507. The molecule has 0 rings (SSSR count). The molecule has 1 atom stereocenters. The average Bonchev–Trinajstić information content (AvgIpc) is 2.37. The zero-order valence-corrected chi connectivity index (χ0v) is 12.8. The second-order valence-corrected chi connectivity index (χ2v) is 5.11. The lowest BCUT2D eigenvalue weighted by Gasteiger charge is -2.22. The van der Waals surface area contributed by atoms with Gasteiger partial charge in [0.2, 0.25) is 0 Å². The smallest absolute Gasteiger partial charge is 0.315 e. The van der Waals surface area contributed by atoms with Crippen LogP contribution in [0.15, 0.2) is 0 Å². The van der Waals surface area contributed by atoms with Crippen molar-refractivity contribution >= 4 is 12.0 Å². The van der Waals surface area contributed by atoms with Gasteiger partial charge in [-0.25, -0.2) is 4.79 Å². The number of unbranched alkanes of at least 4 members (excludes halogenated alkanes) is 2. The van der Waals surface area contributed by atoms with Gasteiger partial charge < -0.3 is 20.5 Å². The first kappa shape index (κ1) is 18.7. The third-order valence-corrected chi connectivity index (χ3v) is 2.98. The first-order chi connectivity index (χ1) is 9.47. The van der Waals surface area contributed by atoms with Crippen LogP contribution >= 0.6 is 0 Å². The number of urea groups is 1. The number of ether oxygens (including phenoxy) is 1. The number of rotatable bonds is 11. The molecule has 3 N–H and O–H groups in total. The molecule has 0 radical (unpaired) electrons. The number of hydrogen-bond acceptors (Lipinski definition) is 3. The van der Waals surface area contributed by atoms with E-state index in [-0.39, 0.29) is 18.5 Å². The van der Waals surface area contributed by atoms with Crippen LogP contribution in [0, 0.1) is 5.92 Å². The lowest BCUT2D eigenvalue weighted by Crippen LogP contribution is -2.47. The molecule has 0 fully saturated rings. The predicted molar refractivity (Wildman–Crippen MR) is 77.8 cm³/mol. The Bertz CT molecular complexity index is 282. The number of aliphatic carboxylic acids is 1. The Morgan fingerprint density at radius 2 is 1.90 bits per heavy atom. The molecule has 0 bridgehead atoms. The molecule has 2 amide bonds. The van der Waals surface area contributed by atoms with Gasteiger partial charge in [-0.3, -0.25) is 4.79 Å². The van der Waals surface area contributed by atoms with Crippen LogP contribution in [0.4, 0.5) is 4.79 Å². The standard InChI is InChI=1S/C14H28N2O4/c1-4-20-10-12(11(2)3)16-14(19)15-9-7-5-6-8-13(17)18/h11-12H,4-10H2,1-3H3,(H,17,18)(H2,15,16,19). The minimum atomic E-state index is -0.772. The molecule has 118 valence electrons. The van der Waals surface area contributed by atoms with Crippen LogP contribution in [0.3, 0.4) is 0 Å². The number of nitrogens with one attached hydrogen (secondary N) is 2. The summed E-state index contributed by atoms with van der Waals surface area (Å²) in [7, 11) is 0. The molecular weight excluding hydrogens is 260 g/mol. The summed E-state index contributed by atoms with van der Waals surface area (Å²) in [6.07, 6.45) is 2.44. The molecule has 0 heterocycles. The van der Waals surface area contributed by atoms with Crippen LogP contribution in [0.5, 0.6) is 0 Å². The summed E-state index contributed by atoms with van der Waals surface area (Å²) in [6, 6.07) is -0.191. The summed E-state index contributed by atoms with van der Waals surface area (Å²) in [4.78, 5) is 22.0. The minimum absolute atomic E-state index is 0.00182. The molecule has 0 aliphatic heterocycles. The van der Waals surface area contributed by atoms with E-state index < -0.39 is 5.97 Å². The molecule has 20 heavy (non-hydrogen) atoms. The first-order valence-corrected chi connectivity index (χ1v) is 7.31. The normalized spacial score (nSPS) is 12.2. The van der Waals surface area contributed by atoms with Gasteiger partial charge in [0.1, 0.15) is 0 Å². The van der Waals surface area contributed by atoms with E-state index in [1.807, 2.05) is 20.8 Å². The third-order valence-electron chi connectivity index (χ3n) is 2.98. The summed E-state index contributed by atoms with van der Waals surface area (Å²) in [5, 5.41) is 14.2. The molecule has 6 heteroatoms. The lowest BCUT2D eigenvalue weighted by molar-refractivity contribution is -0.137. The maximum absolute atomic E-state index is 11.7. The Morgan fingerprint density at radius 3 is 2.45 bits per heavy atom. The topological polar surface area (TPSA) is 87.7 Å². The highest BCUT2D eigenvalue weighted by molar-refractivity contribution is 5.74. The highest BCUT2D eigenvalue weighted by Crippen LogP contribution is 2.02. The fraction of sp³-hybridized carbons (Fsp3) is 0.857. The van der Waals surface area contributed by atoms with Crippen molar-refractivity contribution in [2.24, 2.45) is 5.92 Å². The van der Waals surface area contributed by atoms with Gasteiger partial charge in [-0.2, -0.15) is 0 Å². The first-order valence-electron chi connectivity index (χ1n) is 7.31. The van der Waals surface area contributed by atoms with Crippen molar-refractivity contribution < 1.29 is 19.4 Å². The molecule has 0 saturated heterocycles. The number of carbonyl (C=O) groups is 2. The van der Waals surface area contributed by atoms with Gasteiger partial charge in [-0.05, 0) is 25.7 Å². The molecule has 6 nitrogen and oxygen atoms in total. The molecule has 0 aromatic carbocycles. The Kier molecular flexibility index (Phi) is 10.8. The van der Waals surface area contributed by atoms with Crippen molar-refractivity contribution in [2.45, 2.75) is 52.5 Å². The largest absolute Gasteiger partial charge is 0.481 e. The molecule has 0 aromatic heterocycles. The Labute approximate surface area is 121 Å².